The molecule has 0 fully saturated rings. The summed E-state index contributed by atoms with van der Waals surface area (Å²) >= 11 is 5.85. The number of rotatable bonds is 5. The van der Waals surface area contributed by atoms with Crippen molar-refractivity contribution < 1.29 is 9.50 Å². The third-order valence-electron chi connectivity index (χ3n) is 2.36. The minimum Gasteiger partial charge on any atom is -0.393 e. The van der Waals surface area contributed by atoms with Crippen LogP contribution in [0.3, 0.4) is 0 Å². The van der Waals surface area contributed by atoms with Gasteiger partial charge in [0.2, 0.25) is 0 Å². The lowest BCUT2D eigenvalue weighted by molar-refractivity contribution is 0.161. The zero-order valence-corrected chi connectivity index (χ0v) is 9.67. The summed E-state index contributed by atoms with van der Waals surface area (Å²) < 4.78 is 13.4. The first-order valence-electron chi connectivity index (χ1n) is 5.19. The Kier molecular flexibility index (Phi) is 5.31. The summed E-state index contributed by atoms with van der Waals surface area (Å²) in [5, 5.41) is 10.0. The monoisotopic (exact) mass is 240 g/mol. The fourth-order valence-electron chi connectivity index (χ4n) is 1.50. The summed E-state index contributed by atoms with van der Waals surface area (Å²) in [5.41, 5.74) is 0.373. The first kappa shape index (κ1) is 13.0. The molecule has 3 heteroatoms. The standard InChI is InChI=1S/C13H14ClFO/c1-2-3-4-6-10(16)9-11-12(14)7-5-8-13(11)15/h1,5,7-8,10,16H,3-4,6,9H2. The van der Waals surface area contributed by atoms with Gasteiger partial charge in [-0.25, -0.2) is 4.39 Å². The molecule has 1 atom stereocenters. The molecular formula is C13H14ClFO. The van der Waals surface area contributed by atoms with Gasteiger partial charge in [-0.15, -0.1) is 12.3 Å². The average molecular weight is 241 g/mol. The zero-order chi connectivity index (χ0) is 12.0. The lowest BCUT2D eigenvalue weighted by Crippen LogP contribution is -2.11. The quantitative estimate of drug-likeness (QED) is 0.619. The number of unbranched alkanes of at least 4 members (excludes halogenated alkanes) is 1. The van der Waals surface area contributed by atoms with E-state index >= 15 is 0 Å². The molecule has 0 amide bonds. The number of hydrogen-bond acceptors (Lipinski definition) is 1. The highest BCUT2D eigenvalue weighted by molar-refractivity contribution is 6.31. The maximum absolute atomic E-state index is 13.4. The average Bonchev–Trinajstić information content (AvgIpc) is 2.24. The Bertz CT molecular complexity index is 364. The van der Waals surface area contributed by atoms with Crippen molar-refractivity contribution in [1.82, 2.24) is 0 Å². The number of hydrogen-bond donors (Lipinski definition) is 1. The Morgan fingerprint density at radius 1 is 1.50 bits per heavy atom. The number of halogens is 2. The van der Waals surface area contributed by atoms with Gasteiger partial charge in [-0.1, -0.05) is 17.7 Å². The van der Waals surface area contributed by atoms with Crippen LogP contribution in [0.15, 0.2) is 18.2 Å². The van der Waals surface area contributed by atoms with Crippen LogP contribution in [0.1, 0.15) is 24.8 Å². The van der Waals surface area contributed by atoms with E-state index < -0.39 is 6.10 Å². The van der Waals surface area contributed by atoms with Crippen LogP contribution in [0.4, 0.5) is 4.39 Å². The maximum atomic E-state index is 13.4. The predicted molar refractivity (Wildman–Crippen MR) is 63.8 cm³/mol. The topological polar surface area (TPSA) is 20.2 Å². The molecule has 0 bridgehead atoms. The molecule has 1 aromatic rings. The summed E-state index contributed by atoms with van der Waals surface area (Å²) in [6, 6.07) is 4.51. The fourth-order valence-corrected chi connectivity index (χ4v) is 1.74. The molecule has 1 rings (SSSR count). The van der Waals surface area contributed by atoms with Crippen LogP contribution in [0.25, 0.3) is 0 Å². The molecule has 0 spiro atoms. The molecular weight excluding hydrogens is 227 g/mol. The van der Waals surface area contributed by atoms with Crippen LogP contribution in [-0.4, -0.2) is 11.2 Å². The molecule has 0 saturated carbocycles. The Morgan fingerprint density at radius 2 is 2.25 bits per heavy atom. The van der Waals surface area contributed by atoms with Crippen molar-refractivity contribution in [1.29, 1.82) is 0 Å². The third kappa shape index (κ3) is 3.84. The van der Waals surface area contributed by atoms with Gasteiger partial charge in [-0.05, 0) is 25.0 Å². The van der Waals surface area contributed by atoms with Gasteiger partial charge in [0.05, 0.1) is 6.10 Å². The van der Waals surface area contributed by atoms with E-state index in [4.69, 9.17) is 18.0 Å². The highest BCUT2D eigenvalue weighted by Crippen LogP contribution is 2.21. The highest BCUT2D eigenvalue weighted by atomic mass is 35.5. The lowest BCUT2D eigenvalue weighted by Gasteiger charge is -2.11. The normalized spacial score (nSPS) is 12.1. The molecule has 0 saturated heterocycles. The van der Waals surface area contributed by atoms with Gasteiger partial charge >= 0.3 is 0 Å². The highest BCUT2D eigenvalue weighted by Gasteiger charge is 2.12. The first-order chi connectivity index (χ1) is 7.65. The van der Waals surface area contributed by atoms with E-state index in [1.807, 2.05) is 0 Å². The van der Waals surface area contributed by atoms with Crippen molar-refractivity contribution in [3.63, 3.8) is 0 Å². The van der Waals surface area contributed by atoms with Crippen molar-refractivity contribution in [2.24, 2.45) is 0 Å². The van der Waals surface area contributed by atoms with Crippen molar-refractivity contribution in [3.8, 4) is 12.3 Å². The third-order valence-corrected chi connectivity index (χ3v) is 2.71. The van der Waals surface area contributed by atoms with Gasteiger partial charge in [0.25, 0.3) is 0 Å². The van der Waals surface area contributed by atoms with E-state index in [1.54, 1.807) is 12.1 Å². The molecule has 86 valence electrons. The summed E-state index contributed by atoms with van der Waals surface area (Å²) in [5.74, 6) is 2.13. The molecule has 1 nitrogen and oxygen atoms in total. The lowest BCUT2D eigenvalue weighted by atomic mass is 10.0. The Morgan fingerprint density at radius 3 is 2.88 bits per heavy atom. The second kappa shape index (κ2) is 6.52. The molecule has 16 heavy (non-hydrogen) atoms. The number of terminal acetylenes is 1. The zero-order valence-electron chi connectivity index (χ0n) is 8.92. The van der Waals surface area contributed by atoms with Gasteiger partial charge in [-0.3, -0.25) is 0 Å². The van der Waals surface area contributed by atoms with Crippen molar-refractivity contribution >= 4 is 11.6 Å². The van der Waals surface area contributed by atoms with Crippen molar-refractivity contribution in [2.45, 2.75) is 31.8 Å². The smallest absolute Gasteiger partial charge is 0.127 e. The Hall–Kier alpha value is -1.04. The van der Waals surface area contributed by atoms with Gasteiger partial charge in [-0.2, -0.15) is 0 Å². The number of aliphatic hydroxyl groups is 1. The minimum absolute atomic E-state index is 0.232. The van der Waals surface area contributed by atoms with E-state index in [0.29, 0.717) is 23.4 Å². The van der Waals surface area contributed by atoms with Gasteiger partial charge in [0.15, 0.2) is 0 Å². The van der Waals surface area contributed by atoms with Crippen LogP contribution < -0.4 is 0 Å². The molecule has 0 aliphatic carbocycles. The minimum atomic E-state index is -0.595. The van der Waals surface area contributed by atoms with Crippen LogP contribution >= 0.6 is 11.6 Å². The largest absolute Gasteiger partial charge is 0.393 e. The SMILES string of the molecule is C#CCCCC(O)Cc1c(F)cccc1Cl. The van der Waals surface area contributed by atoms with Crippen molar-refractivity contribution in [2.75, 3.05) is 0 Å². The van der Waals surface area contributed by atoms with Gasteiger partial charge in [0, 0.05) is 23.4 Å². The van der Waals surface area contributed by atoms with E-state index in [2.05, 4.69) is 5.92 Å². The molecule has 1 aromatic carbocycles. The second-order valence-electron chi connectivity index (χ2n) is 3.65. The molecule has 0 radical (unpaired) electrons. The van der Waals surface area contributed by atoms with E-state index in [-0.39, 0.29) is 12.2 Å². The molecule has 0 aliphatic heterocycles. The summed E-state index contributed by atoms with van der Waals surface area (Å²) in [7, 11) is 0. The maximum Gasteiger partial charge on any atom is 0.127 e. The Labute approximate surface area is 100 Å². The van der Waals surface area contributed by atoms with Gasteiger partial charge in [0.1, 0.15) is 5.82 Å². The predicted octanol–water partition coefficient (Wildman–Crippen LogP) is 3.19. The first-order valence-corrected chi connectivity index (χ1v) is 5.57. The molecule has 0 aromatic heterocycles. The summed E-state index contributed by atoms with van der Waals surface area (Å²) in [6.45, 7) is 0. The molecule has 0 heterocycles. The molecule has 0 aliphatic rings. The van der Waals surface area contributed by atoms with Crippen LogP contribution in [0.2, 0.25) is 5.02 Å². The van der Waals surface area contributed by atoms with Gasteiger partial charge < -0.3 is 5.11 Å². The number of aliphatic hydroxyl groups excluding tert-OH is 1. The number of benzene rings is 1. The van der Waals surface area contributed by atoms with Crippen LogP contribution in [0.5, 0.6) is 0 Å². The van der Waals surface area contributed by atoms with E-state index in [1.165, 1.54) is 6.07 Å². The van der Waals surface area contributed by atoms with E-state index in [9.17, 15) is 9.50 Å². The molecule has 1 unspecified atom stereocenters. The second-order valence-corrected chi connectivity index (χ2v) is 4.06. The Balaban J connectivity index is 2.56. The summed E-state index contributed by atoms with van der Waals surface area (Å²) in [6.07, 6.45) is 6.67. The van der Waals surface area contributed by atoms with Crippen LogP contribution in [0, 0.1) is 18.2 Å². The fraction of sp³-hybridized carbons (Fsp3) is 0.385. The van der Waals surface area contributed by atoms with Crippen LogP contribution in [-0.2, 0) is 6.42 Å². The summed E-state index contributed by atoms with van der Waals surface area (Å²) in [4.78, 5) is 0. The van der Waals surface area contributed by atoms with Crippen molar-refractivity contribution in [3.05, 3.63) is 34.6 Å². The molecule has 1 N–H and O–H groups in total. The van der Waals surface area contributed by atoms with E-state index in [0.717, 1.165) is 6.42 Å².